The molecule has 0 saturated heterocycles. The van der Waals surface area contributed by atoms with Crippen LogP contribution in [0.25, 0.3) is 0 Å². The number of nitrogens with two attached hydrogens (primary N) is 1. The van der Waals surface area contributed by atoms with Crippen molar-refractivity contribution in [3.05, 3.63) is 29.6 Å². The van der Waals surface area contributed by atoms with E-state index < -0.39 is 0 Å². The van der Waals surface area contributed by atoms with Gasteiger partial charge in [-0.05, 0) is 49.3 Å². The highest BCUT2D eigenvalue weighted by molar-refractivity contribution is 5.49. The molecule has 0 spiro atoms. The van der Waals surface area contributed by atoms with Gasteiger partial charge in [0.1, 0.15) is 5.82 Å². The van der Waals surface area contributed by atoms with Crippen molar-refractivity contribution in [2.24, 2.45) is 17.6 Å². The average molecular weight is 294 g/mol. The van der Waals surface area contributed by atoms with Crippen LogP contribution < -0.4 is 10.6 Å². The second kappa shape index (κ2) is 8.38. The lowest BCUT2D eigenvalue weighted by Gasteiger charge is -2.27. The van der Waals surface area contributed by atoms with Gasteiger partial charge in [0.05, 0.1) is 5.69 Å². The molecule has 0 bridgehead atoms. The van der Waals surface area contributed by atoms with Crippen LogP contribution in [0.15, 0.2) is 18.2 Å². The molecule has 0 aliphatic rings. The Morgan fingerprint density at radius 3 is 1.90 bits per heavy atom. The quantitative estimate of drug-likeness (QED) is 0.750. The normalized spacial score (nSPS) is 13.0. The summed E-state index contributed by atoms with van der Waals surface area (Å²) in [5.41, 5.74) is 7.39. The fourth-order valence-corrected chi connectivity index (χ4v) is 2.24. The van der Waals surface area contributed by atoms with Gasteiger partial charge in [0.25, 0.3) is 0 Å². The maximum atomic E-state index is 14.4. The molecule has 1 rings (SSSR count). The van der Waals surface area contributed by atoms with E-state index in [0.29, 0.717) is 17.5 Å². The highest BCUT2D eigenvalue weighted by Gasteiger charge is 2.14. The lowest BCUT2D eigenvalue weighted by molar-refractivity contribution is 0.526. The molecule has 0 aliphatic heterocycles. The molecule has 0 amide bonds. The first-order chi connectivity index (χ1) is 9.81. The molecular formula is C18H31FN2. The SMILES string of the molecule is CC(C)CCN(CCC(C)C)c1ccc(C(C)N)cc1F. The van der Waals surface area contributed by atoms with Gasteiger partial charge >= 0.3 is 0 Å². The van der Waals surface area contributed by atoms with Crippen molar-refractivity contribution in [1.29, 1.82) is 0 Å². The Bertz CT molecular complexity index is 415. The van der Waals surface area contributed by atoms with E-state index in [4.69, 9.17) is 5.73 Å². The standard InChI is InChI=1S/C18H31FN2/c1-13(2)8-10-21(11-9-14(3)4)18-7-6-16(15(5)20)12-17(18)19/h6-7,12-15H,8-11,20H2,1-5H3. The van der Waals surface area contributed by atoms with E-state index in [-0.39, 0.29) is 11.9 Å². The molecule has 1 aromatic rings. The van der Waals surface area contributed by atoms with Gasteiger partial charge < -0.3 is 10.6 Å². The summed E-state index contributed by atoms with van der Waals surface area (Å²) in [6, 6.07) is 5.28. The lowest BCUT2D eigenvalue weighted by Crippen LogP contribution is -2.28. The molecular weight excluding hydrogens is 263 g/mol. The molecule has 2 N–H and O–H groups in total. The summed E-state index contributed by atoms with van der Waals surface area (Å²) in [5.74, 6) is 1.09. The molecule has 0 fully saturated rings. The fourth-order valence-electron chi connectivity index (χ4n) is 2.24. The van der Waals surface area contributed by atoms with Crippen LogP contribution in [0.2, 0.25) is 0 Å². The number of rotatable bonds is 8. The maximum absolute atomic E-state index is 14.4. The van der Waals surface area contributed by atoms with E-state index >= 15 is 0 Å². The summed E-state index contributed by atoms with van der Waals surface area (Å²) in [6.07, 6.45) is 2.15. The number of hydrogen-bond acceptors (Lipinski definition) is 2. The second-order valence-electron chi connectivity index (χ2n) is 6.85. The number of hydrogen-bond donors (Lipinski definition) is 1. The summed E-state index contributed by atoms with van der Waals surface area (Å²) in [7, 11) is 0. The smallest absolute Gasteiger partial charge is 0.146 e. The third-order valence-corrected chi connectivity index (χ3v) is 3.79. The first kappa shape index (κ1) is 18.0. The van der Waals surface area contributed by atoms with Gasteiger partial charge in [-0.25, -0.2) is 4.39 Å². The van der Waals surface area contributed by atoms with Gasteiger partial charge in [0.15, 0.2) is 0 Å². The van der Waals surface area contributed by atoms with Crippen LogP contribution >= 0.6 is 0 Å². The van der Waals surface area contributed by atoms with Crippen molar-refractivity contribution in [2.75, 3.05) is 18.0 Å². The fraction of sp³-hybridized carbons (Fsp3) is 0.667. The highest BCUT2D eigenvalue weighted by atomic mass is 19.1. The third-order valence-electron chi connectivity index (χ3n) is 3.79. The van der Waals surface area contributed by atoms with Crippen LogP contribution in [-0.4, -0.2) is 13.1 Å². The molecule has 1 aromatic carbocycles. The van der Waals surface area contributed by atoms with Crippen molar-refractivity contribution in [2.45, 2.75) is 53.5 Å². The van der Waals surface area contributed by atoms with Crippen molar-refractivity contribution >= 4 is 5.69 Å². The Morgan fingerprint density at radius 1 is 1.00 bits per heavy atom. The van der Waals surface area contributed by atoms with E-state index in [1.807, 2.05) is 19.1 Å². The summed E-state index contributed by atoms with van der Waals surface area (Å²) < 4.78 is 14.4. The zero-order chi connectivity index (χ0) is 16.0. The molecule has 0 saturated carbocycles. The molecule has 0 aromatic heterocycles. The number of nitrogens with zero attached hydrogens (tertiary/aromatic N) is 1. The van der Waals surface area contributed by atoms with Gasteiger partial charge in [-0.2, -0.15) is 0 Å². The molecule has 0 heterocycles. The Balaban J connectivity index is 2.90. The minimum Gasteiger partial charge on any atom is -0.369 e. The minimum absolute atomic E-state index is 0.131. The highest BCUT2D eigenvalue weighted by Crippen LogP contribution is 2.24. The van der Waals surface area contributed by atoms with Crippen LogP contribution in [0.3, 0.4) is 0 Å². The van der Waals surface area contributed by atoms with Gasteiger partial charge in [-0.1, -0.05) is 33.8 Å². The molecule has 0 radical (unpaired) electrons. The molecule has 1 unspecified atom stereocenters. The van der Waals surface area contributed by atoms with Crippen LogP contribution in [0, 0.1) is 17.7 Å². The van der Waals surface area contributed by atoms with Gasteiger partial charge in [-0.3, -0.25) is 0 Å². The van der Waals surface area contributed by atoms with E-state index in [9.17, 15) is 4.39 Å². The summed E-state index contributed by atoms with van der Waals surface area (Å²) >= 11 is 0. The molecule has 3 heteroatoms. The summed E-state index contributed by atoms with van der Waals surface area (Å²) in [6.45, 7) is 12.5. The molecule has 1 atom stereocenters. The third kappa shape index (κ3) is 6.04. The monoisotopic (exact) mass is 294 g/mol. The van der Waals surface area contributed by atoms with Crippen LogP contribution in [0.1, 0.15) is 59.1 Å². The Kier molecular flexibility index (Phi) is 7.16. The van der Waals surface area contributed by atoms with Crippen molar-refractivity contribution in [1.82, 2.24) is 0 Å². The van der Waals surface area contributed by atoms with Gasteiger partial charge in [-0.15, -0.1) is 0 Å². The lowest BCUT2D eigenvalue weighted by atomic mass is 10.1. The molecule has 0 aliphatic carbocycles. The molecule has 120 valence electrons. The van der Waals surface area contributed by atoms with Gasteiger partial charge in [0.2, 0.25) is 0 Å². The Labute approximate surface area is 129 Å². The first-order valence-electron chi connectivity index (χ1n) is 8.11. The zero-order valence-electron chi connectivity index (χ0n) is 14.2. The summed E-state index contributed by atoms with van der Waals surface area (Å²) in [4.78, 5) is 2.18. The van der Waals surface area contributed by atoms with Crippen LogP contribution in [-0.2, 0) is 0 Å². The Morgan fingerprint density at radius 2 is 1.52 bits per heavy atom. The van der Waals surface area contributed by atoms with E-state index in [1.54, 1.807) is 6.07 Å². The molecule has 21 heavy (non-hydrogen) atoms. The predicted molar refractivity (Wildman–Crippen MR) is 90.1 cm³/mol. The maximum Gasteiger partial charge on any atom is 0.146 e. The first-order valence-corrected chi connectivity index (χ1v) is 8.11. The van der Waals surface area contributed by atoms with E-state index in [0.717, 1.165) is 31.5 Å². The zero-order valence-corrected chi connectivity index (χ0v) is 14.2. The molecule has 2 nitrogen and oxygen atoms in total. The number of halogens is 1. The van der Waals surface area contributed by atoms with Crippen LogP contribution in [0.5, 0.6) is 0 Å². The summed E-state index contributed by atoms with van der Waals surface area (Å²) in [5, 5.41) is 0. The van der Waals surface area contributed by atoms with Crippen molar-refractivity contribution in [3.8, 4) is 0 Å². The second-order valence-corrected chi connectivity index (χ2v) is 6.85. The average Bonchev–Trinajstić information content (AvgIpc) is 2.38. The van der Waals surface area contributed by atoms with Gasteiger partial charge in [0, 0.05) is 19.1 Å². The van der Waals surface area contributed by atoms with Crippen LogP contribution in [0.4, 0.5) is 10.1 Å². The number of anilines is 1. The van der Waals surface area contributed by atoms with Crippen molar-refractivity contribution in [3.63, 3.8) is 0 Å². The topological polar surface area (TPSA) is 29.3 Å². The van der Waals surface area contributed by atoms with E-state index in [1.165, 1.54) is 0 Å². The van der Waals surface area contributed by atoms with Crippen molar-refractivity contribution < 1.29 is 4.39 Å². The van der Waals surface area contributed by atoms with E-state index in [2.05, 4.69) is 32.6 Å². The predicted octanol–water partition coefficient (Wildman–Crippen LogP) is 4.74. The Hall–Kier alpha value is -1.09. The largest absolute Gasteiger partial charge is 0.369 e. The number of benzene rings is 1. The minimum atomic E-state index is -0.155.